The lowest BCUT2D eigenvalue weighted by Gasteiger charge is -1.97. The van der Waals surface area contributed by atoms with Crippen LogP contribution in [0.15, 0.2) is 11.4 Å². The predicted molar refractivity (Wildman–Crippen MR) is 44.0 cm³/mol. The van der Waals surface area contributed by atoms with Crippen LogP contribution in [0.5, 0.6) is 5.75 Å². The minimum absolute atomic E-state index is 0.416. The molecule has 4 nitrogen and oxygen atoms in total. The third kappa shape index (κ3) is 1.54. The van der Waals surface area contributed by atoms with Crippen LogP contribution >= 0.6 is 11.3 Å². The van der Waals surface area contributed by atoms with Crippen LogP contribution in [0.25, 0.3) is 0 Å². The fourth-order valence-electron chi connectivity index (χ4n) is 0.731. The summed E-state index contributed by atoms with van der Waals surface area (Å²) >= 11 is 1.23. The van der Waals surface area contributed by atoms with Gasteiger partial charge < -0.3 is 4.74 Å². The lowest BCUT2D eigenvalue weighted by atomic mass is 10.4. The van der Waals surface area contributed by atoms with Gasteiger partial charge in [-0.1, -0.05) is 0 Å². The minimum Gasteiger partial charge on any atom is -0.495 e. The van der Waals surface area contributed by atoms with Crippen molar-refractivity contribution < 1.29 is 9.53 Å². The first kappa shape index (κ1) is 8.56. The number of methoxy groups -OCH3 is 1. The Morgan fingerprint density at radius 3 is 3.17 bits per heavy atom. The molecule has 0 unspecified atom stereocenters. The first-order valence-corrected chi connectivity index (χ1v) is 3.98. The lowest BCUT2D eigenvalue weighted by molar-refractivity contribution is 0.0974. The molecule has 0 fully saturated rings. The summed E-state index contributed by atoms with van der Waals surface area (Å²) < 4.78 is 4.89. The highest BCUT2D eigenvalue weighted by Crippen LogP contribution is 2.23. The number of nitrogens with zero attached hydrogens (tertiary/aromatic N) is 1. The molecule has 0 aliphatic heterocycles. The molecular formula is C7H6N2O2S. The summed E-state index contributed by atoms with van der Waals surface area (Å²) in [4.78, 5) is 11.5. The van der Waals surface area contributed by atoms with Crippen molar-refractivity contribution in [2.45, 2.75) is 0 Å². The van der Waals surface area contributed by atoms with Gasteiger partial charge >= 0.3 is 0 Å². The molecule has 0 aliphatic rings. The molecule has 1 heterocycles. The maximum Gasteiger partial charge on any atom is 0.278 e. The van der Waals surface area contributed by atoms with E-state index in [1.165, 1.54) is 18.4 Å². The zero-order valence-corrected chi connectivity index (χ0v) is 7.14. The molecule has 1 aromatic heterocycles. The molecule has 0 aromatic carbocycles. The van der Waals surface area contributed by atoms with Gasteiger partial charge in [0.05, 0.1) is 7.11 Å². The van der Waals surface area contributed by atoms with Crippen molar-refractivity contribution in [1.82, 2.24) is 5.32 Å². The van der Waals surface area contributed by atoms with Gasteiger partial charge in [0.25, 0.3) is 5.91 Å². The van der Waals surface area contributed by atoms with Crippen LogP contribution in [0, 0.1) is 11.5 Å². The normalized spacial score (nSPS) is 8.67. The Hall–Kier alpha value is -1.54. The number of carbonyl (C=O) groups excluding carboxylic acids is 1. The summed E-state index contributed by atoms with van der Waals surface area (Å²) in [6.07, 6.45) is 1.56. The Bertz CT molecular complexity index is 326. The van der Waals surface area contributed by atoms with Crippen LogP contribution in [0.2, 0.25) is 0 Å². The maximum atomic E-state index is 11.1. The third-order valence-corrected chi connectivity index (χ3v) is 2.12. The molecule has 1 aromatic rings. The number of rotatable bonds is 2. The van der Waals surface area contributed by atoms with Gasteiger partial charge in [-0.05, 0) is 11.4 Å². The van der Waals surface area contributed by atoms with Crippen LogP contribution in [0.1, 0.15) is 9.67 Å². The zero-order chi connectivity index (χ0) is 8.97. The second kappa shape index (κ2) is 3.74. The number of hydrogen-bond acceptors (Lipinski definition) is 4. The van der Waals surface area contributed by atoms with Gasteiger partial charge in [-0.25, -0.2) is 0 Å². The molecule has 0 saturated heterocycles. The fraction of sp³-hybridized carbons (Fsp3) is 0.143. The number of nitrogens with one attached hydrogen (secondary N) is 1. The highest BCUT2D eigenvalue weighted by atomic mass is 32.1. The van der Waals surface area contributed by atoms with E-state index in [1.807, 2.05) is 5.32 Å². The standard InChI is InChI=1S/C7H6N2O2S/c1-11-5-2-3-12-6(5)7(10)9-4-8/h2-3H,1H3,(H,9,10). The lowest BCUT2D eigenvalue weighted by Crippen LogP contribution is -2.16. The maximum absolute atomic E-state index is 11.1. The molecule has 5 heteroatoms. The second-order valence-corrected chi connectivity index (χ2v) is 2.80. The van der Waals surface area contributed by atoms with Crippen molar-refractivity contribution in [3.63, 3.8) is 0 Å². The Morgan fingerprint density at radius 2 is 2.58 bits per heavy atom. The number of hydrogen-bond donors (Lipinski definition) is 1. The van der Waals surface area contributed by atoms with Gasteiger partial charge in [-0.2, -0.15) is 5.26 Å². The van der Waals surface area contributed by atoms with Crippen LogP contribution in [-0.2, 0) is 0 Å². The summed E-state index contributed by atoms with van der Waals surface area (Å²) in [5, 5.41) is 11.9. The first-order valence-electron chi connectivity index (χ1n) is 3.10. The number of amides is 1. The van der Waals surface area contributed by atoms with Crippen LogP contribution in [-0.4, -0.2) is 13.0 Å². The Labute approximate surface area is 73.4 Å². The van der Waals surface area contributed by atoms with Gasteiger partial charge in [-0.15, -0.1) is 11.3 Å². The zero-order valence-electron chi connectivity index (χ0n) is 6.33. The molecule has 0 saturated carbocycles. The molecule has 0 spiro atoms. The van der Waals surface area contributed by atoms with Crippen LogP contribution in [0.3, 0.4) is 0 Å². The average molecular weight is 182 g/mol. The van der Waals surface area contributed by atoms with Crippen LogP contribution in [0.4, 0.5) is 0 Å². The minimum atomic E-state index is -0.427. The average Bonchev–Trinajstić information content (AvgIpc) is 2.51. The highest BCUT2D eigenvalue weighted by molar-refractivity contribution is 7.12. The number of ether oxygens (including phenoxy) is 1. The summed E-state index contributed by atoms with van der Waals surface area (Å²) in [7, 11) is 1.48. The molecule has 62 valence electrons. The Balaban J connectivity index is 2.88. The molecule has 1 amide bonds. The first-order chi connectivity index (χ1) is 5.79. The number of carbonyl (C=O) groups is 1. The van der Waals surface area contributed by atoms with Gasteiger partial charge in [0.2, 0.25) is 0 Å². The summed E-state index contributed by atoms with van der Waals surface area (Å²) in [5.74, 6) is 0.0668. The van der Waals surface area contributed by atoms with E-state index >= 15 is 0 Å². The number of thiophene rings is 1. The largest absolute Gasteiger partial charge is 0.495 e. The molecule has 1 N–H and O–H groups in total. The van der Waals surface area contributed by atoms with E-state index in [0.29, 0.717) is 10.6 Å². The summed E-state index contributed by atoms with van der Waals surface area (Å²) in [6.45, 7) is 0. The fourth-order valence-corrected chi connectivity index (χ4v) is 1.48. The monoisotopic (exact) mass is 182 g/mol. The Morgan fingerprint density at radius 1 is 1.83 bits per heavy atom. The third-order valence-electron chi connectivity index (χ3n) is 1.22. The summed E-state index contributed by atoms with van der Waals surface area (Å²) in [6, 6.07) is 1.68. The van der Waals surface area contributed by atoms with Crippen molar-refractivity contribution >= 4 is 17.2 Å². The van der Waals surface area contributed by atoms with Crippen molar-refractivity contribution in [3.8, 4) is 11.9 Å². The van der Waals surface area contributed by atoms with Gasteiger partial charge in [0, 0.05) is 0 Å². The smallest absolute Gasteiger partial charge is 0.278 e. The topological polar surface area (TPSA) is 62.1 Å². The second-order valence-electron chi connectivity index (χ2n) is 1.88. The molecule has 0 atom stereocenters. The van der Waals surface area contributed by atoms with E-state index < -0.39 is 5.91 Å². The molecule has 1 rings (SSSR count). The SMILES string of the molecule is COc1ccsc1C(=O)NC#N. The van der Waals surface area contributed by atoms with Crippen molar-refractivity contribution in [3.05, 3.63) is 16.3 Å². The van der Waals surface area contributed by atoms with Gasteiger partial charge in [0.15, 0.2) is 6.19 Å². The van der Waals surface area contributed by atoms with Gasteiger partial charge in [-0.3, -0.25) is 10.1 Å². The van der Waals surface area contributed by atoms with Crippen molar-refractivity contribution in [2.75, 3.05) is 7.11 Å². The van der Waals surface area contributed by atoms with E-state index in [2.05, 4.69) is 0 Å². The highest BCUT2D eigenvalue weighted by Gasteiger charge is 2.12. The van der Waals surface area contributed by atoms with E-state index in [4.69, 9.17) is 10.00 Å². The Kier molecular flexibility index (Phi) is 2.66. The molecule has 12 heavy (non-hydrogen) atoms. The van der Waals surface area contributed by atoms with Crippen LogP contribution < -0.4 is 10.1 Å². The predicted octanol–water partition coefficient (Wildman–Crippen LogP) is 0.968. The number of nitriles is 1. The molecule has 0 radical (unpaired) electrons. The van der Waals surface area contributed by atoms with Gasteiger partial charge in [0.1, 0.15) is 10.6 Å². The summed E-state index contributed by atoms with van der Waals surface area (Å²) in [5.41, 5.74) is 0. The van der Waals surface area contributed by atoms with E-state index in [0.717, 1.165) is 0 Å². The molecular weight excluding hydrogens is 176 g/mol. The van der Waals surface area contributed by atoms with Crippen molar-refractivity contribution in [1.29, 1.82) is 5.26 Å². The quantitative estimate of drug-likeness (QED) is 0.547. The molecule has 0 aliphatic carbocycles. The van der Waals surface area contributed by atoms with E-state index in [1.54, 1.807) is 17.6 Å². The van der Waals surface area contributed by atoms with E-state index in [9.17, 15) is 4.79 Å². The molecule has 0 bridgehead atoms. The van der Waals surface area contributed by atoms with E-state index in [-0.39, 0.29) is 0 Å². The van der Waals surface area contributed by atoms with Crippen molar-refractivity contribution in [2.24, 2.45) is 0 Å².